The Morgan fingerprint density at radius 1 is 0.871 bits per heavy atom. The van der Waals surface area contributed by atoms with E-state index in [0.29, 0.717) is 18.5 Å². The summed E-state index contributed by atoms with van der Waals surface area (Å²) in [5, 5.41) is 3.18. The Kier molecular flexibility index (Phi) is 5.94. The lowest BCUT2D eigenvalue weighted by molar-refractivity contribution is -0.122. The molecule has 1 N–H and O–H groups in total. The molecule has 0 spiro atoms. The molecule has 5 heteroatoms. The maximum Gasteiger partial charge on any atom is 0.294 e. The van der Waals surface area contributed by atoms with E-state index >= 15 is 0 Å². The molecule has 0 saturated heterocycles. The molecule has 1 aromatic heterocycles. The van der Waals surface area contributed by atoms with Gasteiger partial charge in [-0.3, -0.25) is 14.5 Å². The molecule has 5 nitrogen and oxygen atoms in total. The van der Waals surface area contributed by atoms with Crippen LogP contribution in [0.15, 0.2) is 71.3 Å². The lowest BCUT2D eigenvalue weighted by Gasteiger charge is -2.44. The van der Waals surface area contributed by atoms with E-state index < -0.39 is 5.54 Å². The van der Waals surface area contributed by atoms with Crippen LogP contribution in [0.2, 0.25) is 0 Å². The molecule has 160 valence electrons. The Balaban J connectivity index is 1.81. The second-order valence-electron chi connectivity index (χ2n) is 8.27. The van der Waals surface area contributed by atoms with Crippen molar-refractivity contribution in [1.29, 1.82) is 0 Å². The van der Waals surface area contributed by atoms with E-state index in [1.807, 2.05) is 62.4 Å². The molecule has 1 saturated carbocycles. The Labute approximate surface area is 183 Å². The zero-order chi connectivity index (χ0) is 21.8. The lowest BCUT2D eigenvalue weighted by Crippen LogP contribution is -2.60. The SMILES string of the molecule is Cc1cccc(C)c1NC(=O)C1(N(C(=O)c2ccco2)c2ccccc2)CCCCC1. The summed E-state index contributed by atoms with van der Waals surface area (Å²) < 4.78 is 5.45. The van der Waals surface area contributed by atoms with Gasteiger partial charge in [-0.05, 0) is 62.1 Å². The van der Waals surface area contributed by atoms with E-state index in [2.05, 4.69) is 5.32 Å². The fourth-order valence-electron chi connectivity index (χ4n) is 4.58. The normalized spacial score (nSPS) is 15.3. The average molecular weight is 417 g/mol. The number of nitrogens with zero attached hydrogens (tertiary/aromatic N) is 1. The highest BCUT2D eigenvalue weighted by atomic mass is 16.3. The van der Waals surface area contributed by atoms with Gasteiger partial charge in [0, 0.05) is 11.4 Å². The van der Waals surface area contributed by atoms with Crippen LogP contribution in [0.4, 0.5) is 11.4 Å². The van der Waals surface area contributed by atoms with Crippen molar-refractivity contribution in [3.05, 3.63) is 83.8 Å². The minimum Gasteiger partial charge on any atom is -0.459 e. The van der Waals surface area contributed by atoms with Crippen LogP contribution < -0.4 is 10.2 Å². The first-order valence-corrected chi connectivity index (χ1v) is 10.8. The number of hydrogen-bond donors (Lipinski definition) is 1. The van der Waals surface area contributed by atoms with Gasteiger partial charge in [0.2, 0.25) is 0 Å². The van der Waals surface area contributed by atoms with Gasteiger partial charge in [-0.1, -0.05) is 55.7 Å². The highest BCUT2D eigenvalue weighted by molar-refractivity contribution is 6.13. The molecule has 0 atom stereocenters. The zero-order valence-corrected chi connectivity index (χ0v) is 18.1. The largest absolute Gasteiger partial charge is 0.459 e. The van der Waals surface area contributed by atoms with Gasteiger partial charge in [0.1, 0.15) is 5.54 Å². The summed E-state index contributed by atoms with van der Waals surface area (Å²) >= 11 is 0. The first kappa shape index (κ1) is 20.9. The number of carbonyl (C=O) groups is 2. The van der Waals surface area contributed by atoms with Gasteiger partial charge in [-0.25, -0.2) is 0 Å². The number of furan rings is 1. The van der Waals surface area contributed by atoms with Gasteiger partial charge in [0.25, 0.3) is 11.8 Å². The molecule has 2 amide bonds. The molecule has 0 unspecified atom stereocenters. The Morgan fingerprint density at radius 3 is 2.16 bits per heavy atom. The second kappa shape index (κ2) is 8.80. The summed E-state index contributed by atoms with van der Waals surface area (Å²) in [6.07, 6.45) is 5.51. The van der Waals surface area contributed by atoms with Gasteiger partial charge in [-0.15, -0.1) is 0 Å². The van der Waals surface area contributed by atoms with Gasteiger partial charge in [0.05, 0.1) is 6.26 Å². The quantitative estimate of drug-likeness (QED) is 0.564. The number of anilines is 2. The maximum atomic E-state index is 13.9. The molecule has 4 rings (SSSR count). The van der Waals surface area contributed by atoms with Crippen molar-refractivity contribution in [3.63, 3.8) is 0 Å². The molecule has 0 aliphatic heterocycles. The van der Waals surface area contributed by atoms with Crippen molar-refractivity contribution in [2.45, 2.75) is 51.5 Å². The van der Waals surface area contributed by atoms with E-state index in [9.17, 15) is 9.59 Å². The smallest absolute Gasteiger partial charge is 0.294 e. The Bertz CT molecular complexity index is 1030. The first-order chi connectivity index (χ1) is 15.0. The summed E-state index contributed by atoms with van der Waals surface area (Å²) in [4.78, 5) is 29.3. The van der Waals surface area contributed by atoms with Crippen LogP contribution in [-0.2, 0) is 4.79 Å². The molecule has 1 heterocycles. The van der Waals surface area contributed by atoms with Crippen LogP contribution in [0.5, 0.6) is 0 Å². The summed E-state index contributed by atoms with van der Waals surface area (Å²) in [6, 6.07) is 18.7. The minimum atomic E-state index is -0.988. The Hall–Kier alpha value is -3.34. The fraction of sp³-hybridized carbons (Fsp3) is 0.308. The molecular formula is C26H28N2O3. The molecule has 1 aliphatic rings. The van der Waals surface area contributed by atoms with Crippen molar-refractivity contribution in [3.8, 4) is 0 Å². The van der Waals surface area contributed by atoms with Crippen molar-refractivity contribution in [2.24, 2.45) is 0 Å². The molecule has 3 aromatic rings. The second-order valence-corrected chi connectivity index (χ2v) is 8.27. The average Bonchev–Trinajstić information content (AvgIpc) is 3.33. The van der Waals surface area contributed by atoms with E-state index in [1.165, 1.54) is 6.26 Å². The monoisotopic (exact) mass is 416 g/mol. The third-order valence-corrected chi connectivity index (χ3v) is 6.20. The highest BCUT2D eigenvalue weighted by Gasteiger charge is 2.48. The number of rotatable bonds is 5. The van der Waals surface area contributed by atoms with Crippen molar-refractivity contribution < 1.29 is 14.0 Å². The van der Waals surface area contributed by atoms with E-state index in [4.69, 9.17) is 4.42 Å². The number of carbonyl (C=O) groups excluding carboxylic acids is 2. The van der Waals surface area contributed by atoms with Crippen LogP contribution in [0.25, 0.3) is 0 Å². The third-order valence-electron chi connectivity index (χ3n) is 6.20. The van der Waals surface area contributed by atoms with Crippen molar-refractivity contribution >= 4 is 23.2 Å². The topological polar surface area (TPSA) is 62.6 Å². The number of nitrogens with one attached hydrogen (secondary N) is 1. The summed E-state index contributed by atoms with van der Waals surface area (Å²) in [5.74, 6) is -0.211. The van der Waals surface area contributed by atoms with E-state index in [-0.39, 0.29) is 17.6 Å². The predicted octanol–water partition coefficient (Wildman–Crippen LogP) is 5.88. The van der Waals surface area contributed by atoms with Crippen LogP contribution in [0.1, 0.15) is 53.8 Å². The molecule has 1 aliphatic carbocycles. The molecular weight excluding hydrogens is 388 g/mol. The number of amides is 2. The van der Waals surface area contributed by atoms with Gasteiger partial charge >= 0.3 is 0 Å². The molecule has 31 heavy (non-hydrogen) atoms. The number of aryl methyl sites for hydroxylation is 2. The van der Waals surface area contributed by atoms with Gasteiger partial charge in [0.15, 0.2) is 5.76 Å². The van der Waals surface area contributed by atoms with Crippen molar-refractivity contribution in [1.82, 2.24) is 0 Å². The maximum absolute atomic E-state index is 13.9. The molecule has 2 aromatic carbocycles. The number of hydrogen-bond acceptors (Lipinski definition) is 3. The van der Waals surface area contributed by atoms with Gasteiger partial charge < -0.3 is 9.73 Å². The zero-order valence-electron chi connectivity index (χ0n) is 18.1. The molecule has 0 bridgehead atoms. The molecule has 0 radical (unpaired) electrons. The fourth-order valence-corrected chi connectivity index (χ4v) is 4.58. The van der Waals surface area contributed by atoms with Crippen LogP contribution >= 0.6 is 0 Å². The summed E-state index contributed by atoms with van der Waals surface area (Å²) in [5.41, 5.74) is 2.53. The van der Waals surface area contributed by atoms with Crippen LogP contribution in [-0.4, -0.2) is 17.4 Å². The predicted molar refractivity (Wildman–Crippen MR) is 122 cm³/mol. The number of para-hydroxylation sites is 2. The van der Waals surface area contributed by atoms with Gasteiger partial charge in [-0.2, -0.15) is 0 Å². The first-order valence-electron chi connectivity index (χ1n) is 10.8. The van der Waals surface area contributed by atoms with E-state index in [1.54, 1.807) is 17.0 Å². The van der Waals surface area contributed by atoms with Crippen LogP contribution in [0, 0.1) is 13.8 Å². The van der Waals surface area contributed by atoms with Crippen LogP contribution in [0.3, 0.4) is 0 Å². The summed E-state index contributed by atoms with van der Waals surface area (Å²) in [6.45, 7) is 3.97. The standard InChI is InChI=1S/C26H28N2O3/c1-19-11-9-12-20(2)23(19)27-25(30)26(16-7-4-8-17-26)28(21-13-5-3-6-14-21)24(29)22-15-10-18-31-22/h3,5-6,9-15,18H,4,7-8,16-17H2,1-2H3,(H,27,30). The highest BCUT2D eigenvalue weighted by Crippen LogP contribution is 2.39. The Morgan fingerprint density at radius 2 is 1.55 bits per heavy atom. The summed E-state index contributed by atoms with van der Waals surface area (Å²) in [7, 11) is 0. The molecule has 1 fully saturated rings. The van der Waals surface area contributed by atoms with E-state index in [0.717, 1.165) is 36.1 Å². The third kappa shape index (κ3) is 4.00. The minimum absolute atomic E-state index is 0.145. The van der Waals surface area contributed by atoms with Crippen molar-refractivity contribution in [2.75, 3.05) is 10.2 Å². The number of benzene rings is 2. The lowest BCUT2D eigenvalue weighted by atomic mass is 9.78.